The van der Waals surface area contributed by atoms with Gasteiger partial charge >= 0.3 is 5.97 Å². The summed E-state index contributed by atoms with van der Waals surface area (Å²) in [5, 5.41) is 3.46. The number of piperidine rings is 1. The molecule has 0 spiro atoms. The molecule has 1 N–H and O–H groups in total. The van der Waals surface area contributed by atoms with Crippen LogP contribution in [-0.2, 0) is 9.53 Å². The zero-order chi connectivity index (χ0) is 22.0. The molecule has 0 aliphatic carbocycles. The highest BCUT2D eigenvalue weighted by molar-refractivity contribution is 14.0. The number of nitrogens with one attached hydrogen (secondary N) is 1. The lowest BCUT2D eigenvalue weighted by molar-refractivity contribution is -0.154. The van der Waals surface area contributed by atoms with E-state index in [-0.39, 0.29) is 29.9 Å². The third kappa shape index (κ3) is 10.2. The smallest absolute Gasteiger partial charge is 0.306 e. The highest BCUT2D eigenvalue weighted by Gasteiger charge is 2.28. The molecular weight excluding hydrogens is 505 g/mol. The lowest BCUT2D eigenvalue weighted by Gasteiger charge is -2.39. The summed E-state index contributed by atoms with van der Waals surface area (Å²) in [5.74, 6) is 1.55. The van der Waals surface area contributed by atoms with Gasteiger partial charge in [0.05, 0.1) is 12.4 Å². The van der Waals surface area contributed by atoms with E-state index < -0.39 is 5.60 Å². The van der Waals surface area contributed by atoms with Gasteiger partial charge in [-0.1, -0.05) is 19.8 Å². The maximum atomic E-state index is 11.8. The van der Waals surface area contributed by atoms with Crippen LogP contribution in [0.4, 0.5) is 0 Å². The molecule has 1 saturated heterocycles. The maximum Gasteiger partial charge on any atom is 0.306 e. The van der Waals surface area contributed by atoms with Crippen molar-refractivity contribution in [2.45, 2.75) is 84.8 Å². The van der Waals surface area contributed by atoms with Gasteiger partial charge in [0.15, 0.2) is 5.96 Å². The number of likely N-dealkylation sites (tertiary alicyclic amines) is 1. The first-order valence-corrected chi connectivity index (χ1v) is 11.5. The van der Waals surface area contributed by atoms with Gasteiger partial charge in [0.1, 0.15) is 5.60 Å². The van der Waals surface area contributed by atoms with Crippen LogP contribution >= 0.6 is 24.0 Å². The van der Waals surface area contributed by atoms with Gasteiger partial charge in [0, 0.05) is 45.0 Å². The average molecular weight is 548 g/mol. The summed E-state index contributed by atoms with van der Waals surface area (Å²) in [6, 6.07) is 0.429. The number of halogens is 1. The molecule has 0 amide bonds. The summed E-state index contributed by atoms with van der Waals surface area (Å²) in [7, 11) is 0. The molecule has 178 valence electrons. The van der Waals surface area contributed by atoms with E-state index in [4.69, 9.17) is 9.73 Å². The van der Waals surface area contributed by atoms with Crippen LogP contribution in [-0.4, -0.2) is 58.2 Å². The highest BCUT2D eigenvalue weighted by Crippen LogP contribution is 2.27. The number of guanidine groups is 1. The van der Waals surface area contributed by atoms with Gasteiger partial charge in [0.25, 0.3) is 0 Å². The highest BCUT2D eigenvalue weighted by atomic mass is 127. The summed E-state index contributed by atoms with van der Waals surface area (Å²) in [5.41, 5.74) is -0.391. The first-order chi connectivity index (χ1) is 14.3. The normalized spacial score (nSPS) is 19.6. The minimum atomic E-state index is -0.391. The van der Waals surface area contributed by atoms with E-state index in [0.717, 1.165) is 64.2 Å². The fourth-order valence-electron chi connectivity index (χ4n) is 3.83. The largest absolute Gasteiger partial charge is 0.460 e. The molecule has 0 saturated carbocycles. The summed E-state index contributed by atoms with van der Waals surface area (Å²) in [6.07, 6.45) is 11.5. The van der Waals surface area contributed by atoms with Crippen LogP contribution < -0.4 is 5.32 Å². The van der Waals surface area contributed by atoms with Crippen molar-refractivity contribution in [1.29, 1.82) is 0 Å². The van der Waals surface area contributed by atoms with Crippen molar-refractivity contribution in [3.05, 3.63) is 18.7 Å². The van der Waals surface area contributed by atoms with Crippen molar-refractivity contribution < 1.29 is 9.53 Å². The molecule has 8 heteroatoms. The van der Waals surface area contributed by atoms with Gasteiger partial charge in [0.2, 0.25) is 0 Å². The first-order valence-electron chi connectivity index (χ1n) is 11.5. The quantitative estimate of drug-likeness (QED) is 0.160. The number of ether oxygens (including phenoxy) is 1. The Morgan fingerprint density at radius 1 is 1.26 bits per heavy atom. The van der Waals surface area contributed by atoms with Gasteiger partial charge in [-0.2, -0.15) is 0 Å². The third-order valence-electron chi connectivity index (χ3n) is 5.43. The number of carbonyl (C=O) groups excluding carboxylic acids is 1. The number of esters is 1. The van der Waals surface area contributed by atoms with Crippen LogP contribution in [0.2, 0.25) is 0 Å². The molecule has 1 fully saturated rings. The number of aromatic nitrogens is 2. The Balaban J connectivity index is 0.00000480. The van der Waals surface area contributed by atoms with Crippen molar-refractivity contribution in [2.75, 3.05) is 26.2 Å². The Morgan fingerprint density at radius 3 is 2.65 bits per heavy atom. The van der Waals surface area contributed by atoms with E-state index in [1.165, 1.54) is 0 Å². The minimum Gasteiger partial charge on any atom is -0.460 e. The van der Waals surface area contributed by atoms with Crippen LogP contribution in [0.3, 0.4) is 0 Å². The van der Waals surface area contributed by atoms with E-state index in [1.807, 2.05) is 33.3 Å². The van der Waals surface area contributed by atoms with Crippen LogP contribution in [0.1, 0.15) is 79.2 Å². The van der Waals surface area contributed by atoms with Gasteiger partial charge in [-0.3, -0.25) is 9.79 Å². The summed E-state index contributed by atoms with van der Waals surface area (Å²) in [4.78, 5) is 23.2. The molecule has 2 unspecified atom stereocenters. The number of imidazole rings is 1. The first kappa shape index (κ1) is 27.7. The zero-order valence-corrected chi connectivity index (χ0v) is 22.3. The van der Waals surface area contributed by atoms with E-state index in [2.05, 4.69) is 39.8 Å². The second-order valence-corrected chi connectivity index (χ2v) is 9.28. The lowest BCUT2D eigenvalue weighted by Crippen LogP contribution is -2.49. The third-order valence-corrected chi connectivity index (χ3v) is 5.43. The Hall–Kier alpha value is -1.32. The van der Waals surface area contributed by atoms with Crippen LogP contribution in [0.25, 0.3) is 0 Å². The minimum absolute atomic E-state index is 0. The van der Waals surface area contributed by atoms with Crippen molar-refractivity contribution in [3.8, 4) is 0 Å². The van der Waals surface area contributed by atoms with E-state index in [1.54, 1.807) is 0 Å². The molecule has 0 bridgehead atoms. The number of hydrogen-bond acceptors (Lipinski definition) is 4. The van der Waals surface area contributed by atoms with Crippen molar-refractivity contribution in [3.63, 3.8) is 0 Å². The number of nitrogens with zero attached hydrogens (tertiary/aromatic N) is 4. The van der Waals surface area contributed by atoms with Crippen molar-refractivity contribution in [2.24, 2.45) is 10.9 Å². The molecule has 2 heterocycles. The van der Waals surface area contributed by atoms with Gasteiger partial charge < -0.3 is 19.5 Å². The van der Waals surface area contributed by atoms with Crippen LogP contribution in [0.5, 0.6) is 0 Å². The van der Waals surface area contributed by atoms with Gasteiger partial charge in [-0.05, 0) is 52.9 Å². The zero-order valence-electron chi connectivity index (χ0n) is 20.0. The Morgan fingerprint density at radius 2 is 2.00 bits per heavy atom. The summed E-state index contributed by atoms with van der Waals surface area (Å²) >= 11 is 0. The van der Waals surface area contributed by atoms with E-state index in [9.17, 15) is 4.79 Å². The maximum absolute atomic E-state index is 11.8. The number of carbonyl (C=O) groups is 1. The fraction of sp³-hybridized carbons (Fsp3) is 0.783. The second-order valence-electron chi connectivity index (χ2n) is 9.28. The number of aliphatic imine (C=N–C) groups is 1. The number of hydrogen-bond donors (Lipinski definition) is 1. The Labute approximate surface area is 205 Å². The second kappa shape index (κ2) is 14.0. The molecule has 1 aromatic heterocycles. The fourth-order valence-corrected chi connectivity index (χ4v) is 3.83. The molecular formula is C23H42IN5O2. The van der Waals surface area contributed by atoms with Gasteiger partial charge in [-0.25, -0.2) is 4.98 Å². The monoisotopic (exact) mass is 547 g/mol. The topological polar surface area (TPSA) is 71.8 Å². The summed E-state index contributed by atoms with van der Waals surface area (Å²) in [6.45, 7) is 13.8. The molecule has 1 aromatic rings. The number of unbranched alkanes of at least 4 members (excludes halogenated alkanes) is 3. The Kier molecular flexibility index (Phi) is 12.5. The van der Waals surface area contributed by atoms with Gasteiger partial charge in [-0.15, -0.1) is 24.0 Å². The molecule has 1 aliphatic rings. The molecule has 7 nitrogen and oxygen atoms in total. The lowest BCUT2D eigenvalue weighted by atomic mass is 9.93. The van der Waals surface area contributed by atoms with E-state index in [0.29, 0.717) is 18.4 Å². The number of rotatable bonds is 9. The molecule has 0 radical (unpaired) electrons. The summed E-state index contributed by atoms with van der Waals surface area (Å²) < 4.78 is 7.58. The van der Waals surface area contributed by atoms with Crippen LogP contribution in [0, 0.1) is 5.92 Å². The van der Waals surface area contributed by atoms with E-state index >= 15 is 0 Å². The average Bonchev–Trinajstić information content (AvgIpc) is 3.20. The molecule has 31 heavy (non-hydrogen) atoms. The predicted molar refractivity (Wildman–Crippen MR) is 137 cm³/mol. The molecule has 2 atom stereocenters. The van der Waals surface area contributed by atoms with Crippen molar-refractivity contribution >= 4 is 35.9 Å². The molecule has 1 aliphatic heterocycles. The Bertz CT molecular complexity index is 657. The molecule has 2 rings (SSSR count). The van der Waals surface area contributed by atoms with Crippen molar-refractivity contribution in [1.82, 2.24) is 19.8 Å². The standard InChI is InChI=1S/C23H41N5O2.HI/c1-6-25-22(26-13-10-8-7-9-11-21(29)30-23(3,4)5)27-15-12-19(2)20(17-27)28-16-14-24-18-28;/h14,16,18-20H,6-13,15,17H2,1-5H3,(H,25,26);1H. The molecule has 0 aromatic carbocycles. The predicted octanol–water partition coefficient (Wildman–Crippen LogP) is 4.64. The van der Waals surface area contributed by atoms with Crippen LogP contribution in [0.15, 0.2) is 23.7 Å². The SMILES string of the molecule is CCNC(=NCCCCCCC(=O)OC(C)(C)C)N1CCC(C)C(n2ccnc2)C1.I.